The molecule has 0 saturated carbocycles. The van der Waals surface area contributed by atoms with E-state index in [9.17, 15) is 38.7 Å². The van der Waals surface area contributed by atoms with E-state index in [1.165, 1.54) is 6.92 Å². The number of unbranched alkanes of at least 4 members (excludes halogenated alkanes) is 9. The third-order valence-electron chi connectivity index (χ3n) is 7.67. The summed E-state index contributed by atoms with van der Waals surface area (Å²) in [5, 5.41) is 28.3. The Bertz CT molecular complexity index is 1040. The van der Waals surface area contributed by atoms with Gasteiger partial charge in [-0.15, -0.1) is 0 Å². The second kappa shape index (κ2) is 33.2. The number of rotatable bonds is 36. The van der Waals surface area contributed by atoms with Crippen LogP contribution in [-0.4, -0.2) is 130 Å². The van der Waals surface area contributed by atoms with Gasteiger partial charge in [0.25, 0.3) is 0 Å². The van der Waals surface area contributed by atoms with Gasteiger partial charge in [-0.3, -0.25) is 28.8 Å². The van der Waals surface area contributed by atoms with Crippen molar-refractivity contribution in [2.75, 3.05) is 65.9 Å². The van der Waals surface area contributed by atoms with E-state index < -0.39 is 29.9 Å². The summed E-state index contributed by atoms with van der Waals surface area (Å²) in [5.74, 6) is -3.53. The third kappa shape index (κ3) is 32.3. The molecule has 2 atom stereocenters. The highest BCUT2D eigenvalue weighted by molar-refractivity contribution is 5.87. The Hall–Kier alpha value is -3.67. The molecule has 6 N–H and O–H groups in total. The van der Waals surface area contributed by atoms with Crippen molar-refractivity contribution >= 4 is 41.4 Å². The lowest BCUT2D eigenvalue weighted by molar-refractivity contribution is -0.142. The van der Waals surface area contributed by atoms with Crippen molar-refractivity contribution in [3.05, 3.63) is 0 Å². The number of amides is 4. The van der Waals surface area contributed by atoms with Crippen molar-refractivity contribution in [3.63, 3.8) is 0 Å². The molecule has 0 aliphatic rings. The van der Waals surface area contributed by atoms with Gasteiger partial charge in [-0.1, -0.05) is 51.4 Å². The molecule has 0 bridgehead atoms. The lowest BCUT2D eigenvalue weighted by Gasteiger charge is -2.14. The van der Waals surface area contributed by atoms with E-state index in [-0.39, 0.29) is 115 Å². The smallest absolute Gasteiger partial charge is 0.326 e. The number of carbonyl (C=O) groups excluding carboxylic acids is 5. The van der Waals surface area contributed by atoms with E-state index in [0.29, 0.717) is 6.42 Å². The molecule has 0 aromatic carbocycles. The Morgan fingerprint density at radius 3 is 1.48 bits per heavy atom. The van der Waals surface area contributed by atoms with Gasteiger partial charge in [-0.25, -0.2) is 4.79 Å². The maximum absolute atomic E-state index is 12.2. The number of hydrogen-bond donors (Lipinski definition) is 6. The van der Waals surface area contributed by atoms with E-state index >= 15 is 0 Å². The lowest BCUT2D eigenvalue weighted by atomic mass is 10.0. The zero-order chi connectivity index (χ0) is 38.8. The van der Waals surface area contributed by atoms with Crippen LogP contribution >= 0.6 is 0 Å². The average molecular weight is 747 g/mol. The van der Waals surface area contributed by atoms with Crippen molar-refractivity contribution in [1.29, 1.82) is 0 Å². The highest BCUT2D eigenvalue weighted by atomic mass is 16.5. The monoisotopic (exact) mass is 746 g/mol. The highest BCUT2D eigenvalue weighted by Crippen LogP contribution is 2.12. The summed E-state index contributed by atoms with van der Waals surface area (Å²) >= 11 is 0. The fourth-order valence-electron chi connectivity index (χ4n) is 4.59. The molecule has 0 heterocycles. The summed E-state index contributed by atoms with van der Waals surface area (Å²) in [6, 6.07) is -1.71. The molecule has 2 unspecified atom stereocenters. The second-order valence-electron chi connectivity index (χ2n) is 12.4. The van der Waals surface area contributed by atoms with Gasteiger partial charge in [-0.2, -0.15) is 0 Å². The molecule has 0 saturated heterocycles. The minimum Gasteiger partial charge on any atom is -0.481 e. The topological polar surface area (TPSA) is 245 Å². The molecule has 17 heteroatoms. The number of Topliss-reactive ketones (excluding diaryl/α,β-unsaturated/α-hetero) is 1. The van der Waals surface area contributed by atoms with Gasteiger partial charge >= 0.3 is 11.9 Å². The molecule has 0 spiro atoms. The number of carboxylic acid groups (broad SMARTS) is 2. The van der Waals surface area contributed by atoms with Crippen molar-refractivity contribution in [2.24, 2.45) is 0 Å². The first-order valence-electron chi connectivity index (χ1n) is 18.3. The molecule has 4 amide bonds. The van der Waals surface area contributed by atoms with Crippen LogP contribution in [0.25, 0.3) is 0 Å². The van der Waals surface area contributed by atoms with E-state index in [1.807, 2.05) is 0 Å². The van der Waals surface area contributed by atoms with E-state index in [0.717, 1.165) is 57.8 Å². The van der Waals surface area contributed by atoms with Crippen LogP contribution in [0.4, 0.5) is 0 Å². The number of ketones is 1. The summed E-state index contributed by atoms with van der Waals surface area (Å²) in [6.07, 6.45) is 9.97. The minimum atomic E-state index is -1.20. The van der Waals surface area contributed by atoms with Crippen LogP contribution in [0.5, 0.6) is 0 Å². The van der Waals surface area contributed by atoms with Crippen molar-refractivity contribution in [1.82, 2.24) is 21.3 Å². The first-order valence-corrected chi connectivity index (χ1v) is 18.3. The number of carboxylic acids is 2. The second-order valence-corrected chi connectivity index (χ2v) is 12.4. The van der Waals surface area contributed by atoms with Crippen LogP contribution < -0.4 is 21.3 Å². The van der Waals surface area contributed by atoms with Crippen LogP contribution in [0.3, 0.4) is 0 Å². The van der Waals surface area contributed by atoms with Gasteiger partial charge in [0.15, 0.2) is 5.78 Å². The zero-order valence-electron chi connectivity index (χ0n) is 31.0. The molecule has 52 heavy (non-hydrogen) atoms. The normalized spacial score (nSPS) is 12.0. The zero-order valence-corrected chi connectivity index (χ0v) is 31.0. The Balaban J connectivity index is 3.70. The number of nitrogens with one attached hydrogen (secondary N) is 4. The Labute approximate surface area is 307 Å². The van der Waals surface area contributed by atoms with E-state index in [4.69, 9.17) is 24.1 Å². The lowest BCUT2D eigenvalue weighted by Crippen LogP contribution is -2.41. The maximum atomic E-state index is 12.2. The minimum absolute atomic E-state index is 0.0376. The number of ether oxygens (including phenoxy) is 4. The largest absolute Gasteiger partial charge is 0.481 e. The molecule has 0 rings (SSSR count). The standard InChI is InChI=1S/C35H62N4O13/c1-27(28(2)40)38-33(44)26-52-24-22-50-20-18-37-32(43)25-51-23-21-49-19-17-36-30(41)16-15-29(35(47)48)39-31(42)13-11-9-7-5-3-4-6-8-10-12-14-34(45)46/h27,29H,3-26H2,1-2H3,(H,36,41)(H,37,43)(H,38,44)(H,39,42)(H,45,46)(H,47,48). The third-order valence-corrected chi connectivity index (χ3v) is 7.67. The molecule has 0 aliphatic heterocycles. The van der Waals surface area contributed by atoms with Gasteiger partial charge in [0.05, 0.1) is 45.7 Å². The molecular weight excluding hydrogens is 684 g/mol. The highest BCUT2D eigenvalue weighted by Gasteiger charge is 2.20. The predicted molar refractivity (Wildman–Crippen MR) is 189 cm³/mol. The van der Waals surface area contributed by atoms with Gasteiger partial charge < -0.3 is 50.4 Å². The average Bonchev–Trinajstić information content (AvgIpc) is 3.08. The number of hydrogen-bond acceptors (Lipinski definition) is 11. The summed E-state index contributed by atoms with van der Waals surface area (Å²) in [7, 11) is 0. The molecule has 300 valence electrons. The Kier molecular flexibility index (Phi) is 30.8. The van der Waals surface area contributed by atoms with Gasteiger partial charge in [-0.05, 0) is 33.1 Å². The van der Waals surface area contributed by atoms with Crippen LogP contribution in [0.15, 0.2) is 0 Å². The van der Waals surface area contributed by atoms with Crippen molar-refractivity contribution in [2.45, 2.75) is 116 Å². The SMILES string of the molecule is CC(=O)C(C)NC(=O)COCCOCCNC(=O)COCCOCCNC(=O)CCC(NC(=O)CCCCCCCCCCCCC(=O)O)C(=O)O. The van der Waals surface area contributed by atoms with Gasteiger partial charge in [0.2, 0.25) is 23.6 Å². The van der Waals surface area contributed by atoms with Crippen molar-refractivity contribution < 1.29 is 62.7 Å². The van der Waals surface area contributed by atoms with Crippen LogP contribution in [0.1, 0.15) is 104 Å². The van der Waals surface area contributed by atoms with Crippen molar-refractivity contribution in [3.8, 4) is 0 Å². The van der Waals surface area contributed by atoms with Crippen LogP contribution in [0.2, 0.25) is 0 Å². The maximum Gasteiger partial charge on any atom is 0.326 e. The predicted octanol–water partition coefficient (Wildman–Crippen LogP) is 1.49. The van der Waals surface area contributed by atoms with Crippen LogP contribution in [0, 0.1) is 0 Å². The molecule has 0 aromatic heterocycles. The fourth-order valence-corrected chi connectivity index (χ4v) is 4.59. The molecule has 0 aliphatic carbocycles. The van der Waals surface area contributed by atoms with Crippen LogP contribution in [-0.2, 0) is 52.5 Å². The fraction of sp³-hybridized carbons (Fsp3) is 0.800. The number of carbonyl (C=O) groups is 7. The Morgan fingerprint density at radius 2 is 0.981 bits per heavy atom. The van der Waals surface area contributed by atoms with E-state index in [2.05, 4.69) is 21.3 Å². The van der Waals surface area contributed by atoms with E-state index in [1.54, 1.807) is 6.92 Å². The number of aliphatic carboxylic acids is 2. The molecule has 0 radical (unpaired) electrons. The summed E-state index contributed by atoms with van der Waals surface area (Å²) in [5.41, 5.74) is 0. The van der Waals surface area contributed by atoms with Gasteiger partial charge in [0, 0.05) is 32.4 Å². The first kappa shape index (κ1) is 48.3. The summed E-state index contributed by atoms with van der Waals surface area (Å²) < 4.78 is 21.1. The molecule has 17 nitrogen and oxygen atoms in total. The van der Waals surface area contributed by atoms with Gasteiger partial charge in [0.1, 0.15) is 19.3 Å². The quantitative estimate of drug-likeness (QED) is 0.0499. The molecule has 0 fully saturated rings. The molecular formula is C35H62N4O13. The summed E-state index contributed by atoms with van der Waals surface area (Å²) in [6.45, 7) is 4.29. The molecule has 0 aromatic rings. The first-order chi connectivity index (χ1) is 24.9. The Morgan fingerprint density at radius 1 is 0.519 bits per heavy atom. The summed E-state index contributed by atoms with van der Waals surface area (Å²) in [4.78, 5) is 80.9.